The number of benzene rings is 1. The Bertz CT molecular complexity index is 1320. The predicted molar refractivity (Wildman–Crippen MR) is 136 cm³/mol. The SMILES string of the molecule is CC(C(=O)Nc1cc(C2CCC(OC(=O)NC3(C)CC3)C2)[nH]n1)c1ccc(N2CCCC2=O)c(F)c1C(F)(F)F. The molecule has 3 fully saturated rings. The van der Waals surface area contributed by atoms with Crippen LogP contribution in [0.1, 0.15) is 87.4 Å². The van der Waals surface area contributed by atoms with Crippen LogP contribution in [0, 0.1) is 5.82 Å². The minimum atomic E-state index is -5.08. The lowest BCUT2D eigenvalue weighted by atomic mass is 9.93. The number of hydrogen-bond donors (Lipinski definition) is 3. The van der Waals surface area contributed by atoms with Crippen molar-refractivity contribution in [2.24, 2.45) is 0 Å². The second-order valence-corrected chi connectivity index (χ2v) is 11.2. The summed E-state index contributed by atoms with van der Waals surface area (Å²) in [4.78, 5) is 38.0. The summed E-state index contributed by atoms with van der Waals surface area (Å²) >= 11 is 0. The lowest BCUT2D eigenvalue weighted by molar-refractivity contribution is -0.141. The number of anilines is 2. The quantitative estimate of drug-likeness (QED) is 0.392. The molecule has 1 aliphatic heterocycles. The molecule has 3 N–H and O–H groups in total. The molecule has 3 amide bonds. The van der Waals surface area contributed by atoms with E-state index in [4.69, 9.17) is 4.74 Å². The molecule has 2 saturated carbocycles. The molecule has 0 bridgehead atoms. The molecular formula is C27H31F4N5O4. The molecule has 1 saturated heterocycles. The standard InChI is InChI=1S/C27H31F4N5O4/c1-14(17-7-8-19(36-11-3-4-21(36)37)23(28)22(17)27(29,30)31)24(38)32-20-13-18(34-35-20)15-5-6-16(12-15)40-25(39)33-26(2)9-10-26/h7-8,13-16H,3-6,9-12H2,1-2H3,(H,33,39)(H2,32,34,35,38). The van der Waals surface area contributed by atoms with Crippen LogP contribution in [0.2, 0.25) is 0 Å². The Morgan fingerprint density at radius 2 is 2.00 bits per heavy atom. The summed E-state index contributed by atoms with van der Waals surface area (Å²) in [6.45, 7) is 3.34. The highest BCUT2D eigenvalue weighted by Gasteiger charge is 2.42. The molecule has 2 aliphatic carbocycles. The molecule has 40 heavy (non-hydrogen) atoms. The highest BCUT2D eigenvalue weighted by atomic mass is 19.4. The number of amides is 3. The minimum Gasteiger partial charge on any atom is -0.446 e. The molecule has 2 aromatic rings. The fraction of sp³-hybridized carbons (Fsp3) is 0.556. The zero-order chi connectivity index (χ0) is 28.8. The van der Waals surface area contributed by atoms with Crippen molar-refractivity contribution in [3.05, 3.63) is 40.8 Å². The van der Waals surface area contributed by atoms with E-state index in [0.29, 0.717) is 25.0 Å². The van der Waals surface area contributed by atoms with Gasteiger partial charge in [-0.25, -0.2) is 9.18 Å². The first-order chi connectivity index (χ1) is 18.8. The van der Waals surface area contributed by atoms with E-state index in [0.717, 1.165) is 36.3 Å². The van der Waals surface area contributed by atoms with Crippen molar-refractivity contribution in [1.82, 2.24) is 15.5 Å². The summed E-state index contributed by atoms with van der Waals surface area (Å²) in [6.07, 6.45) is -1.42. The molecule has 1 aromatic carbocycles. The number of alkyl halides is 3. The zero-order valence-electron chi connectivity index (χ0n) is 22.2. The van der Waals surface area contributed by atoms with Crippen LogP contribution in [0.25, 0.3) is 0 Å². The molecule has 13 heteroatoms. The van der Waals surface area contributed by atoms with Crippen LogP contribution >= 0.6 is 0 Å². The first kappa shape index (κ1) is 27.9. The smallest absolute Gasteiger partial charge is 0.419 e. The third kappa shape index (κ3) is 5.78. The van der Waals surface area contributed by atoms with Crippen LogP contribution in [0.3, 0.4) is 0 Å². The van der Waals surface area contributed by atoms with Gasteiger partial charge in [0.2, 0.25) is 11.8 Å². The third-order valence-electron chi connectivity index (χ3n) is 8.01. The van der Waals surface area contributed by atoms with Gasteiger partial charge in [-0.15, -0.1) is 0 Å². The summed E-state index contributed by atoms with van der Waals surface area (Å²) in [7, 11) is 0. The number of halogens is 4. The van der Waals surface area contributed by atoms with Crippen molar-refractivity contribution in [2.75, 3.05) is 16.8 Å². The highest BCUT2D eigenvalue weighted by Crippen LogP contribution is 2.42. The van der Waals surface area contributed by atoms with Gasteiger partial charge < -0.3 is 20.3 Å². The fourth-order valence-electron chi connectivity index (χ4n) is 5.40. The second-order valence-electron chi connectivity index (χ2n) is 11.2. The number of ether oxygens (including phenoxy) is 1. The second kappa shape index (κ2) is 10.4. The maximum absolute atomic E-state index is 15.2. The van der Waals surface area contributed by atoms with E-state index in [1.54, 1.807) is 6.07 Å². The Balaban J connectivity index is 1.24. The normalized spacial score (nSPS) is 22.8. The van der Waals surface area contributed by atoms with E-state index in [2.05, 4.69) is 20.8 Å². The molecule has 3 unspecified atom stereocenters. The number of hydrogen-bond acceptors (Lipinski definition) is 5. The van der Waals surface area contributed by atoms with Gasteiger partial charge in [-0.2, -0.15) is 18.3 Å². The van der Waals surface area contributed by atoms with Crippen molar-refractivity contribution in [3.8, 4) is 0 Å². The molecule has 5 rings (SSSR count). The van der Waals surface area contributed by atoms with Crippen LogP contribution < -0.4 is 15.5 Å². The van der Waals surface area contributed by atoms with Gasteiger partial charge in [-0.05, 0) is 64.0 Å². The summed E-state index contributed by atoms with van der Waals surface area (Å²) in [5, 5.41) is 12.3. The van der Waals surface area contributed by atoms with Crippen LogP contribution in [0.5, 0.6) is 0 Å². The van der Waals surface area contributed by atoms with Crippen LogP contribution in [0.4, 0.5) is 33.9 Å². The summed E-state index contributed by atoms with van der Waals surface area (Å²) in [5.74, 6) is -4.08. The third-order valence-corrected chi connectivity index (χ3v) is 8.01. The van der Waals surface area contributed by atoms with Crippen LogP contribution in [-0.2, 0) is 20.5 Å². The predicted octanol–water partition coefficient (Wildman–Crippen LogP) is 5.35. The van der Waals surface area contributed by atoms with Crippen LogP contribution in [0.15, 0.2) is 18.2 Å². The van der Waals surface area contributed by atoms with Gasteiger partial charge in [0, 0.05) is 36.2 Å². The van der Waals surface area contributed by atoms with Gasteiger partial charge in [0.05, 0.1) is 17.2 Å². The lowest BCUT2D eigenvalue weighted by Crippen LogP contribution is -2.36. The average Bonchev–Trinajstić information content (AvgIpc) is 3.28. The number of nitrogens with one attached hydrogen (secondary N) is 3. The van der Waals surface area contributed by atoms with E-state index in [1.807, 2.05) is 6.92 Å². The average molecular weight is 566 g/mol. The zero-order valence-corrected chi connectivity index (χ0v) is 22.2. The van der Waals surface area contributed by atoms with E-state index in [1.165, 1.54) is 6.92 Å². The first-order valence-electron chi connectivity index (χ1n) is 13.4. The number of rotatable bonds is 7. The largest absolute Gasteiger partial charge is 0.446 e. The molecule has 0 spiro atoms. The maximum atomic E-state index is 15.2. The molecule has 9 nitrogen and oxygen atoms in total. The number of aromatic nitrogens is 2. The van der Waals surface area contributed by atoms with Gasteiger partial charge >= 0.3 is 12.3 Å². The Hall–Kier alpha value is -3.64. The topological polar surface area (TPSA) is 116 Å². The number of aromatic amines is 1. The number of carbonyl (C=O) groups is 3. The molecule has 1 aromatic heterocycles. The molecule has 2 heterocycles. The Kier molecular flexibility index (Phi) is 7.26. The van der Waals surface area contributed by atoms with Crippen molar-refractivity contribution >= 4 is 29.4 Å². The monoisotopic (exact) mass is 565 g/mol. The molecule has 0 radical (unpaired) electrons. The first-order valence-corrected chi connectivity index (χ1v) is 13.4. The van der Waals surface area contributed by atoms with Gasteiger partial charge in [0.1, 0.15) is 6.10 Å². The molecular weight excluding hydrogens is 534 g/mol. The van der Waals surface area contributed by atoms with Crippen molar-refractivity contribution in [3.63, 3.8) is 0 Å². The Morgan fingerprint density at radius 1 is 1.25 bits per heavy atom. The molecule has 3 atom stereocenters. The Labute approximate surface area is 228 Å². The van der Waals surface area contributed by atoms with Crippen molar-refractivity contribution < 1.29 is 36.7 Å². The summed E-state index contributed by atoms with van der Waals surface area (Å²) < 4.78 is 62.6. The van der Waals surface area contributed by atoms with E-state index >= 15 is 4.39 Å². The van der Waals surface area contributed by atoms with Crippen molar-refractivity contribution in [2.45, 2.75) is 88.4 Å². The number of H-pyrrole nitrogens is 1. The van der Waals surface area contributed by atoms with Crippen LogP contribution in [-0.4, -0.2) is 46.3 Å². The minimum absolute atomic E-state index is 0.00310. The summed E-state index contributed by atoms with van der Waals surface area (Å²) in [6, 6.07) is 3.76. The summed E-state index contributed by atoms with van der Waals surface area (Å²) in [5.41, 5.74) is -2.02. The maximum Gasteiger partial charge on any atom is 0.419 e. The lowest BCUT2D eigenvalue weighted by Gasteiger charge is -2.23. The van der Waals surface area contributed by atoms with Crippen molar-refractivity contribution in [1.29, 1.82) is 0 Å². The molecule has 216 valence electrons. The molecule has 3 aliphatic rings. The Morgan fingerprint density at radius 3 is 2.65 bits per heavy atom. The van der Waals surface area contributed by atoms with Gasteiger partial charge in [0.15, 0.2) is 11.6 Å². The number of carbonyl (C=O) groups excluding carboxylic acids is 3. The van der Waals surface area contributed by atoms with E-state index < -0.39 is 52.6 Å². The van der Waals surface area contributed by atoms with Gasteiger partial charge in [-0.3, -0.25) is 14.7 Å². The number of alkyl carbamates (subject to hydrolysis) is 1. The van der Waals surface area contributed by atoms with Gasteiger partial charge in [-0.1, -0.05) is 6.07 Å². The van der Waals surface area contributed by atoms with E-state index in [9.17, 15) is 27.6 Å². The fourth-order valence-corrected chi connectivity index (χ4v) is 5.40. The highest BCUT2D eigenvalue weighted by molar-refractivity contribution is 5.97. The number of nitrogens with zero attached hydrogens (tertiary/aromatic N) is 2. The van der Waals surface area contributed by atoms with Gasteiger partial charge in [0.25, 0.3) is 0 Å². The van der Waals surface area contributed by atoms with E-state index in [-0.39, 0.29) is 36.3 Å².